The average Bonchev–Trinajstić information content (AvgIpc) is 1.81. The van der Waals surface area contributed by atoms with Gasteiger partial charge in [-0.1, -0.05) is 0 Å². The van der Waals surface area contributed by atoms with E-state index >= 15 is 0 Å². The van der Waals surface area contributed by atoms with E-state index in [0.717, 1.165) is 16.6 Å². The van der Waals surface area contributed by atoms with Crippen LogP contribution >= 0.6 is 0 Å². The summed E-state index contributed by atoms with van der Waals surface area (Å²) in [5, 5.41) is 0. The van der Waals surface area contributed by atoms with Crippen molar-refractivity contribution >= 4 is 16.6 Å². The summed E-state index contributed by atoms with van der Waals surface area (Å²) in [4.78, 5) is 0. The zero-order valence-corrected chi connectivity index (χ0v) is 7.35. The molecule has 0 N–H and O–H groups in total. The summed E-state index contributed by atoms with van der Waals surface area (Å²) in [5.74, 6) is 0. The minimum Gasteiger partial charge on any atom is -0.504 e. The molecular formula is C4H11AlO3. The Morgan fingerprint density at radius 3 is 2.62 bits per heavy atom. The van der Waals surface area contributed by atoms with Crippen LogP contribution in [0.25, 0.3) is 0 Å². The van der Waals surface area contributed by atoms with Crippen LogP contribution in [0.1, 0.15) is 0 Å². The van der Waals surface area contributed by atoms with E-state index < -0.39 is 0 Å². The molecule has 0 amide bonds. The molecule has 0 saturated carbocycles. The molecule has 0 aromatic carbocycles. The maximum atomic E-state index is 4.90. The standard InChI is InChI=1S/C4H9O3.Al.2H/c1-6-4-7-3-2-5;;;/h2-4H2,1H3;;;/q-1;+1;;. The van der Waals surface area contributed by atoms with Crippen molar-refractivity contribution in [2.24, 2.45) is 0 Å². The second-order valence-corrected chi connectivity index (χ2v) is 1.88. The Labute approximate surface area is 57.7 Å². The van der Waals surface area contributed by atoms with Gasteiger partial charge in [-0.2, -0.15) is 0 Å². The summed E-state index contributed by atoms with van der Waals surface area (Å²) >= 11 is 0.787. The minimum absolute atomic E-state index is 0.366. The number of hydrogen-bond donors (Lipinski definition) is 0. The molecule has 0 radical (unpaired) electrons. The normalized spacial score (nSPS) is 9.62. The van der Waals surface area contributed by atoms with Crippen LogP contribution in [-0.2, 0) is 13.3 Å². The Bertz CT molecular complexity index is 36.3. The number of ether oxygens (including phenoxy) is 2. The first kappa shape index (κ1) is 8.41. The molecule has 0 unspecified atom stereocenters. The molecule has 0 aromatic rings. The zero-order chi connectivity index (χ0) is 6.24. The first-order valence-corrected chi connectivity index (χ1v) is 3.29. The van der Waals surface area contributed by atoms with Gasteiger partial charge >= 0.3 is 16.6 Å². The van der Waals surface area contributed by atoms with Crippen molar-refractivity contribution in [2.75, 3.05) is 27.1 Å². The highest BCUT2D eigenvalue weighted by Gasteiger charge is 1.80. The van der Waals surface area contributed by atoms with E-state index in [0.29, 0.717) is 20.0 Å². The molecule has 4 heteroatoms. The molecule has 0 aromatic heterocycles. The predicted octanol–water partition coefficient (Wildman–Crippen LogP) is -0.828. The van der Waals surface area contributed by atoms with Gasteiger partial charge in [0, 0.05) is 13.7 Å². The maximum Gasteiger partial charge on any atom is 0.410 e. The Hall–Kier alpha value is 0.412. The molecule has 0 heterocycles. The van der Waals surface area contributed by atoms with Crippen LogP contribution < -0.4 is 0 Å². The van der Waals surface area contributed by atoms with Gasteiger partial charge in [0.15, 0.2) is 0 Å². The van der Waals surface area contributed by atoms with E-state index in [1.807, 2.05) is 0 Å². The summed E-state index contributed by atoms with van der Waals surface area (Å²) in [7, 11) is 1.60. The Balaban J connectivity index is 2.53. The van der Waals surface area contributed by atoms with Gasteiger partial charge in [0.1, 0.15) is 6.79 Å². The third-order valence-corrected chi connectivity index (χ3v) is 1.04. The summed E-state index contributed by atoms with van der Waals surface area (Å²) < 4.78 is 14.4. The number of hydrogen-bond acceptors (Lipinski definition) is 3. The van der Waals surface area contributed by atoms with Crippen LogP contribution in [0, 0.1) is 0 Å². The fourth-order valence-electron chi connectivity index (χ4n) is 0.285. The quantitative estimate of drug-likeness (QED) is 0.279. The predicted molar refractivity (Wildman–Crippen MR) is 32.3 cm³/mol. The zero-order valence-electron chi connectivity index (χ0n) is 5.35. The van der Waals surface area contributed by atoms with Gasteiger partial charge in [-0.15, -0.1) is 0 Å². The van der Waals surface area contributed by atoms with Crippen molar-refractivity contribution in [1.82, 2.24) is 0 Å². The molecule has 0 atom stereocenters. The molecule has 3 nitrogen and oxygen atoms in total. The third-order valence-electron chi connectivity index (χ3n) is 0.633. The van der Waals surface area contributed by atoms with E-state index in [-0.39, 0.29) is 0 Å². The molecule has 0 saturated heterocycles. The Kier molecular flexibility index (Phi) is 7.79. The van der Waals surface area contributed by atoms with Gasteiger partial charge in [0.05, 0.1) is 6.61 Å². The lowest BCUT2D eigenvalue weighted by molar-refractivity contribution is -0.0382. The molecule has 0 aliphatic carbocycles. The Morgan fingerprint density at radius 1 is 1.38 bits per heavy atom. The number of rotatable bonds is 5. The van der Waals surface area contributed by atoms with Crippen LogP contribution in [-0.4, -0.2) is 43.7 Å². The van der Waals surface area contributed by atoms with Crippen molar-refractivity contribution in [1.29, 1.82) is 0 Å². The second kappa shape index (κ2) is 7.41. The van der Waals surface area contributed by atoms with Crippen molar-refractivity contribution in [3.8, 4) is 0 Å². The highest BCUT2D eigenvalue weighted by Crippen LogP contribution is 1.73. The van der Waals surface area contributed by atoms with Crippen LogP contribution in [0.4, 0.5) is 0 Å². The SMILES string of the molecule is COCOCC[O][AlH2]. The smallest absolute Gasteiger partial charge is 0.410 e. The molecule has 0 aliphatic heterocycles. The lowest BCUT2D eigenvalue weighted by atomic mass is 10.8. The first-order valence-electron chi connectivity index (χ1n) is 2.47. The summed E-state index contributed by atoms with van der Waals surface area (Å²) in [6.07, 6.45) is 0. The molecule has 0 fully saturated rings. The lowest BCUT2D eigenvalue weighted by Gasteiger charge is -2.00. The van der Waals surface area contributed by atoms with E-state index in [1.54, 1.807) is 7.11 Å². The molecule has 0 aliphatic rings. The maximum absolute atomic E-state index is 4.90. The van der Waals surface area contributed by atoms with Crippen molar-refractivity contribution in [3.63, 3.8) is 0 Å². The summed E-state index contributed by atoms with van der Waals surface area (Å²) in [6.45, 7) is 1.69. The summed E-state index contributed by atoms with van der Waals surface area (Å²) in [5.41, 5.74) is 0. The van der Waals surface area contributed by atoms with Gasteiger partial charge in [-0.3, -0.25) is 0 Å². The third kappa shape index (κ3) is 6.41. The molecule has 8 heavy (non-hydrogen) atoms. The highest BCUT2D eigenvalue weighted by molar-refractivity contribution is 5.97. The van der Waals surface area contributed by atoms with Gasteiger partial charge in [0.25, 0.3) is 0 Å². The summed E-state index contributed by atoms with van der Waals surface area (Å²) in [6, 6.07) is 0. The average molecular weight is 134 g/mol. The molecule has 0 spiro atoms. The van der Waals surface area contributed by atoms with E-state index in [9.17, 15) is 0 Å². The van der Waals surface area contributed by atoms with Crippen molar-refractivity contribution in [3.05, 3.63) is 0 Å². The topological polar surface area (TPSA) is 27.7 Å². The monoisotopic (exact) mass is 134 g/mol. The molecule has 0 rings (SSSR count). The van der Waals surface area contributed by atoms with Gasteiger partial charge in [-0.05, 0) is 0 Å². The first-order chi connectivity index (χ1) is 3.91. The van der Waals surface area contributed by atoms with Gasteiger partial charge < -0.3 is 13.3 Å². The van der Waals surface area contributed by atoms with Crippen molar-refractivity contribution < 1.29 is 13.3 Å². The largest absolute Gasteiger partial charge is 0.504 e. The van der Waals surface area contributed by atoms with Crippen LogP contribution in [0.3, 0.4) is 0 Å². The highest BCUT2D eigenvalue weighted by atomic mass is 27.1. The fraction of sp³-hybridized carbons (Fsp3) is 1.00. The van der Waals surface area contributed by atoms with E-state index in [1.165, 1.54) is 0 Å². The Morgan fingerprint density at radius 2 is 2.12 bits per heavy atom. The van der Waals surface area contributed by atoms with Gasteiger partial charge in [0.2, 0.25) is 0 Å². The molecule has 48 valence electrons. The van der Waals surface area contributed by atoms with E-state index in [4.69, 9.17) is 8.53 Å². The van der Waals surface area contributed by atoms with Crippen LogP contribution in [0.15, 0.2) is 0 Å². The number of methoxy groups -OCH3 is 1. The lowest BCUT2D eigenvalue weighted by Crippen LogP contribution is -2.04. The van der Waals surface area contributed by atoms with E-state index in [2.05, 4.69) is 4.74 Å². The molecular weight excluding hydrogens is 123 g/mol. The van der Waals surface area contributed by atoms with Crippen LogP contribution in [0.2, 0.25) is 0 Å². The van der Waals surface area contributed by atoms with Crippen LogP contribution in [0.5, 0.6) is 0 Å². The fourth-order valence-corrected chi connectivity index (χ4v) is 0.451. The second-order valence-electron chi connectivity index (χ2n) is 1.31. The molecule has 0 bridgehead atoms. The van der Waals surface area contributed by atoms with Crippen molar-refractivity contribution in [2.45, 2.75) is 0 Å². The minimum atomic E-state index is 0.366. The van der Waals surface area contributed by atoms with Gasteiger partial charge in [-0.25, -0.2) is 0 Å².